The molecule has 0 spiro atoms. The van der Waals surface area contributed by atoms with Crippen LogP contribution in [0.5, 0.6) is 0 Å². The normalized spacial score (nSPS) is 17.5. The molecule has 0 saturated carbocycles. The van der Waals surface area contributed by atoms with E-state index in [1.165, 1.54) is 6.07 Å². The van der Waals surface area contributed by atoms with E-state index in [1.807, 2.05) is 0 Å². The zero-order valence-electron chi connectivity index (χ0n) is 12.4. The summed E-state index contributed by atoms with van der Waals surface area (Å²) in [5.74, 6) is -2.03. The number of carbonyl (C=O) groups is 1. The van der Waals surface area contributed by atoms with Gasteiger partial charge in [0, 0.05) is 36.9 Å². The Hall–Kier alpha value is -1.37. The van der Waals surface area contributed by atoms with E-state index in [2.05, 4.69) is 0 Å². The number of alkyl halides is 3. The van der Waals surface area contributed by atoms with Crippen molar-refractivity contribution in [2.75, 3.05) is 26.2 Å². The summed E-state index contributed by atoms with van der Waals surface area (Å²) in [7, 11) is -3.10. The lowest BCUT2D eigenvalue weighted by atomic mass is 10.3. The van der Waals surface area contributed by atoms with Crippen LogP contribution in [-0.4, -0.2) is 64.3 Å². The highest BCUT2D eigenvalue weighted by molar-refractivity contribution is 8.13. The van der Waals surface area contributed by atoms with Crippen molar-refractivity contribution < 1.29 is 34.8 Å². The second-order valence-corrected chi connectivity index (χ2v) is 9.61. The summed E-state index contributed by atoms with van der Waals surface area (Å²) < 4.78 is 85.7. The third-order valence-electron chi connectivity index (χ3n) is 3.49. The van der Waals surface area contributed by atoms with E-state index in [0.29, 0.717) is 4.90 Å². The maximum Gasteiger partial charge on any atom is 0.471 e. The molecular formula is C12H12ClF3N2O5S2. The Kier molecular flexibility index (Phi) is 5.38. The van der Waals surface area contributed by atoms with Crippen LogP contribution in [-0.2, 0) is 23.9 Å². The van der Waals surface area contributed by atoms with Gasteiger partial charge in [0.15, 0.2) is 0 Å². The lowest BCUT2D eigenvalue weighted by Crippen LogP contribution is -2.53. The second kappa shape index (κ2) is 6.74. The van der Waals surface area contributed by atoms with Crippen LogP contribution >= 0.6 is 10.7 Å². The molecule has 1 aromatic rings. The van der Waals surface area contributed by atoms with Crippen LogP contribution in [0.1, 0.15) is 0 Å². The predicted molar refractivity (Wildman–Crippen MR) is 80.9 cm³/mol. The van der Waals surface area contributed by atoms with Gasteiger partial charge < -0.3 is 4.90 Å². The van der Waals surface area contributed by atoms with Crippen molar-refractivity contribution in [1.29, 1.82) is 0 Å². The molecule has 1 fully saturated rings. The van der Waals surface area contributed by atoms with Crippen LogP contribution in [0.3, 0.4) is 0 Å². The van der Waals surface area contributed by atoms with Gasteiger partial charge in [-0.05, 0) is 18.2 Å². The monoisotopic (exact) mass is 420 g/mol. The van der Waals surface area contributed by atoms with E-state index in [9.17, 15) is 34.8 Å². The molecule has 0 N–H and O–H groups in total. The van der Waals surface area contributed by atoms with Crippen LogP contribution in [0, 0.1) is 0 Å². The Morgan fingerprint density at radius 1 is 1.00 bits per heavy atom. The first-order valence-electron chi connectivity index (χ1n) is 6.74. The zero-order valence-corrected chi connectivity index (χ0v) is 14.8. The van der Waals surface area contributed by atoms with Gasteiger partial charge in [-0.25, -0.2) is 16.8 Å². The fourth-order valence-electron chi connectivity index (χ4n) is 2.25. The molecule has 1 saturated heterocycles. The van der Waals surface area contributed by atoms with E-state index >= 15 is 0 Å². The summed E-state index contributed by atoms with van der Waals surface area (Å²) in [5.41, 5.74) is 0. The number of hydrogen-bond acceptors (Lipinski definition) is 5. The SMILES string of the molecule is O=C(N1CCN(S(=O)(=O)c2cccc(S(=O)(=O)Cl)c2)CC1)C(F)(F)F. The summed E-state index contributed by atoms with van der Waals surface area (Å²) in [6.07, 6.45) is -5.02. The molecule has 1 aliphatic heterocycles. The number of hydrogen-bond donors (Lipinski definition) is 0. The predicted octanol–water partition coefficient (Wildman–Crippen LogP) is 1.01. The molecule has 1 heterocycles. The fraction of sp³-hybridized carbons (Fsp3) is 0.417. The molecule has 2 rings (SSSR count). The smallest absolute Gasteiger partial charge is 0.332 e. The highest BCUT2D eigenvalue weighted by atomic mass is 35.7. The van der Waals surface area contributed by atoms with E-state index in [-0.39, 0.29) is 18.0 Å². The minimum absolute atomic E-state index is 0.345. The first kappa shape index (κ1) is 19.9. The third kappa shape index (κ3) is 4.43. The second-order valence-electron chi connectivity index (χ2n) is 5.11. The molecule has 0 atom stereocenters. The standard InChI is InChI=1S/C12H12ClF3N2O5S2/c13-24(20,21)9-2-1-3-10(8-9)25(22,23)18-6-4-17(5-7-18)11(19)12(14,15)16/h1-3,8H,4-7H2. The molecule has 0 aliphatic carbocycles. The van der Waals surface area contributed by atoms with Crippen molar-refractivity contribution in [1.82, 2.24) is 9.21 Å². The van der Waals surface area contributed by atoms with Crippen LogP contribution in [0.25, 0.3) is 0 Å². The topological polar surface area (TPSA) is 91.8 Å². The third-order valence-corrected chi connectivity index (χ3v) is 6.74. The number of carbonyl (C=O) groups excluding carboxylic acids is 1. The van der Waals surface area contributed by atoms with Gasteiger partial charge in [-0.15, -0.1) is 0 Å². The summed E-state index contributed by atoms with van der Waals surface area (Å²) in [6, 6.07) is 4.31. The average Bonchev–Trinajstić information content (AvgIpc) is 2.52. The Bertz CT molecular complexity index is 878. The van der Waals surface area contributed by atoms with Gasteiger partial charge in [-0.3, -0.25) is 4.79 Å². The highest BCUT2D eigenvalue weighted by Gasteiger charge is 2.44. The number of rotatable bonds is 3. The van der Waals surface area contributed by atoms with Crippen molar-refractivity contribution in [3.05, 3.63) is 24.3 Å². The van der Waals surface area contributed by atoms with Gasteiger partial charge in [0.05, 0.1) is 9.79 Å². The zero-order chi connectivity index (χ0) is 19.0. The van der Waals surface area contributed by atoms with E-state index < -0.39 is 49.1 Å². The van der Waals surface area contributed by atoms with E-state index in [0.717, 1.165) is 22.5 Å². The molecule has 0 unspecified atom stereocenters. The Morgan fingerprint density at radius 2 is 1.52 bits per heavy atom. The molecule has 1 aromatic carbocycles. The minimum atomic E-state index is -5.02. The molecule has 7 nitrogen and oxygen atoms in total. The Labute approximate surface area is 146 Å². The van der Waals surface area contributed by atoms with Crippen molar-refractivity contribution in [2.45, 2.75) is 16.0 Å². The molecule has 0 radical (unpaired) electrons. The van der Waals surface area contributed by atoms with Gasteiger partial charge in [0.25, 0.3) is 9.05 Å². The first-order chi connectivity index (χ1) is 11.3. The van der Waals surface area contributed by atoms with Crippen LogP contribution in [0.15, 0.2) is 34.1 Å². The van der Waals surface area contributed by atoms with Crippen molar-refractivity contribution in [2.24, 2.45) is 0 Å². The maximum absolute atomic E-state index is 12.5. The summed E-state index contributed by atoms with van der Waals surface area (Å²) in [4.78, 5) is 10.9. The van der Waals surface area contributed by atoms with E-state index in [4.69, 9.17) is 10.7 Å². The molecule has 0 aromatic heterocycles. The molecular weight excluding hydrogens is 409 g/mol. The Balaban J connectivity index is 2.19. The maximum atomic E-state index is 12.5. The van der Waals surface area contributed by atoms with Crippen molar-refractivity contribution >= 4 is 35.7 Å². The fourth-order valence-corrected chi connectivity index (χ4v) is 4.59. The molecule has 13 heteroatoms. The van der Waals surface area contributed by atoms with Crippen LogP contribution in [0.4, 0.5) is 13.2 Å². The average molecular weight is 421 g/mol. The molecule has 25 heavy (non-hydrogen) atoms. The quantitative estimate of drug-likeness (QED) is 0.680. The van der Waals surface area contributed by atoms with Gasteiger partial charge in [-0.2, -0.15) is 17.5 Å². The van der Waals surface area contributed by atoms with Gasteiger partial charge in [0.1, 0.15) is 0 Å². The van der Waals surface area contributed by atoms with Gasteiger partial charge in [0.2, 0.25) is 10.0 Å². The lowest BCUT2D eigenvalue weighted by molar-refractivity contribution is -0.186. The number of sulfonamides is 1. The number of halogens is 4. The number of benzene rings is 1. The number of nitrogens with zero attached hydrogens (tertiary/aromatic N) is 2. The molecule has 0 bridgehead atoms. The number of amides is 1. The van der Waals surface area contributed by atoms with Gasteiger partial charge >= 0.3 is 12.1 Å². The largest absolute Gasteiger partial charge is 0.471 e. The Morgan fingerprint density at radius 3 is 2.00 bits per heavy atom. The molecule has 1 amide bonds. The lowest BCUT2D eigenvalue weighted by Gasteiger charge is -2.34. The van der Waals surface area contributed by atoms with E-state index in [1.54, 1.807) is 0 Å². The number of piperazine rings is 1. The van der Waals surface area contributed by atoms with Crippen LogP contribution in [0.2, 0.25) is 0 Å². The van der Waals surface area contributed by atoms with Crippen LogP contribution < -0.4 is 0 Å². The summed E-state index contributed by atoms with van der Waals surface area (Å²) in [5, 5.41) is 0. The minimum Gasteiger partial charge on any atom is -0.332 e. The van der Waals surface area contributed by atoms with Gasteiger partial charge in [-0.1, -0.05) is 6.07 Å². The molecule has 140 valence electrons. The summed E-state index contributed by atoms with van der Waals surface area (Å²) in [6.45, 7) is -1.54. The first-order valence-corrected chi connectivity index (χ1v) is 10.5. The highest BCUT2D eigenvalue weighted by Crippen LogP contribution is 2.24. The van der Waals surface area contributed by atoms with Crippen molar-refractivity contribution in [3.8, 4) is 0 Å². The molecule has 1 aliphatic rings. The van der Waals surface area contributed by atoms with Crippen molar-refractivity contribution in [3.63, 3.8) is 0 Å². The summed E-state index contributed by atoms with van der Waals surface area (Å²) >= 11 is 0.